The maximum Gasteiger partial charge on any atom is 0.311 e. The fraction of sp³-hybridized carbons (Fsp3) is 0.556. The third kappa shape index (κ3) is 1.90. The predicted octanol–water partition coefficient (Wildman–Crippen LogP) is 0.372. The van der Waals surface area contributed by atoms with Gasteiger partial charge in [-0.2, -0.15) is 0 Å². The van der Waals surface area contributed by atoms with Crippen LogP contribution in [0.15, 0.2) is 0 Å². The molecule has 0 bridgehead atoms. The summed E-state index contributed by atoms with van der Waals surface area (Å²) in [5, 5.41) is 9.08. The number of methoxy groups -OCH3 is 1. The van der Waals surface area contributed by atoms with E-state index in [2.05, 4.69) is 14.9 Å². The lowest BCUT2D eigenvalue weighted by Crippen LogP contribution is -2.26. The molecule has 2 rings (SSSR count). The van der Waals surface area contributed by atoms with E-state index in [1.54, 1.807) is 0 Å². The summed E-state index contributed by atoms with van der Waals surface area (Å²) in [5.74, 6) is -0.842. The van der Waals surface area contributed by atoms with E-state index in [9.17, 15) is 9.59 Å². The summed E-state index contributed by atoms with van der Waals surface area (Å²) in [5.41, 5.74) is 0. The normalized spacial score (nSPS) is 20.2. The molecule has 1 saturated heterocycles. The van der Waals surface area contributed by atoms with Gasteiger partial charge < -0.3 is 4.74 Å². The first-order valence-corrected chi connectivity index (χ1v) is 5.61. The minimum Gasteiger partial charge on any atom is -0.469 e. The van der Waals surface area contributed by atoms with Crippen LogP contribution in [0.4, 0.5) is 5.13 Å². The van der Waals surface area contributed by atoms with E-state index in [0.717, 1.165) is 5.01 Å². The van der Waals surface area contributed by atoms with Crippen molar-refractivity contribution in [2.75, 3.05) is 18.6 Å². The van der Waals surface area contributed by atoms with Gasteiger partial charge in [-0.3, -0.25) is 14.5 Å². The van der Waals surface area contributed by atoms with E-state index in [0.29, 0.717) is 11.7 Å². The first-order chi connectivity index (χ1) is 7.61. The summed E-state index contributed by atoms with van der Waals surface area (Å²) in [6.45, 7) is 2.15. The molecule has 6 nitrogen and oxygen atoms in total. The topological polar surface area (TPSA) is 72.4 Å². The molecule has 0 spiro atoms. The third-order valence-corrected chi connectivity index (χ3v) is 3.27. The Kier molecular flexibility index (Phi) is 2.86. The molecule has 7 heteroatoms. The Bertz CT molecular complexity index is 431. The van der Waals surface area contributed by atoms with Crippen molar-refractivity contribution >= 4 is 28.3 Å². The Morgan fingerprint density at radius 2 is 2.31 bits per heavy atom. The SMILES string of the molecule is COC(=O)C1CC(=O)N(c2nnc(C)s2)C1. The first kappa shape index (κ1) is 11.0. The van der Waals surface area contributed by atoms with Gasteiger partial charge in [0, 0.05) is 13.0 Å². The van der Waals surface area contributed by atoms with Crippen LogP contribution in [0.5, 0.6) is 0 Å². The fourth-order valence-corrected chi connectivity index (χ4v) is 2.33. The second-order valence-corrected chi connectivity index (χ2v) is 4.69. The van der Waals surface area contributed by atoms with Crippen LogP contribution in [0, 0.1) is 12.8 Å². The lowest BCUT2D eigenvalue weighted by Gasteiger charge is -2.10. The quantitative estimate of drug-likeness (QED) is 0.699. The molecule has 1 aromatic rings. The van der Waals surface area contributed by atoms with E-state index in [-0.39, 0.29) is 24.2 Å². The average Bonchev–Trinajstić information content (AvgIpc) is 2.83. The Hall–Kier alpha value is -1.50. The smallest absolute Gasteiger partial charge is 0.311 e. The molecular formula is C9H11N3O3S. The first-order valence-electron chi connectivity index (χ1n) is 4.80. The number of aryl methyl sites for hydroxylation is 1. The number of ether oxygens (including phenoxy) is 1. The maximum absolute atomic E-state index is 11.7. The van der Waals surface area contributed by atoms with E-state index >= 15 is 0 Å². The number of amides is 1. The van der Waals surface area contributed by atoms with Crippen LogP contribution in [0.3, 0.4) is 0 Å². The van der Waals surface area contributed by atoms with Crippen molar-refractivity contribution < 1.29 is 14.3 Å². The number of nitrogens with zero attached hydrogens (tertiary/aromatic N) is 3. The summed E-state index contributed by atoms with van der Waals surface area (Å²) >= 11 is 1.34. The van der Waals surface area contributed by atoms with Crippen LogP contribution >= 0.6 is 11.3 Å². The Labute approximate surface area is 96.2 Å². The molecule has 0 N–H and O–H groups in total. The van der Waals surface area contributed by atoms with Gasteiger partial charge in [0.15, 0.2) is 0 Å². The summed E-state index contributed by atoms with van der Waals surface area (Å²) < 4.78 is 4.62. The molecule has 1 aliphatic heterocycles. The molecule has 1 aromatic heterocycles. The van der Waals surface area contributed by atoms with Crippen molar-refractivity contribution in [1.82, 2.24) is 10.2 Å². The molecular weight excluding hydrogens is 230 g/mol. The van der Waals surface area contributed by atoms with Gasteiger partial charge in [0.2, 0.25) is 11.0 Å². The van der Waals surface area contributed by atoms with Crippen molar-refractivity contribution in [1.29, 1.82) is 0 Å². The predicted molar refractivity (Wildman–Crippen MR) is 57.1 cm³/mol. The third-order valence-electron chi connectivity index (χ3n) is 2.41. The zero-order valence-electron chi connectivity index (χ0n) is 8.97. The largest absolute Gasteiger partial charge is 0.469 e. The molecule has 1 atom stereocenters. The van der Waals surface area contributed by atoms with Crippen LogP contribution < -0.4 is 4.90 Å². The van der Waals surface area contributed by atoms with Gasteiger partial charge in [-0.1, -0.05) is 11.3 Å². The van der Waals surface area contributed by atoms with E-state index in [1.165, 1.54) is 23.3 Å². The highest BCUT2D eigenvalue weighted by Crippen LogP contribution is 2.27. The highest BCUT2D eigenvalue weighted by atomic mass is 32.1. The lowest BCUT2D eigenvalue weighted by molar-refractivity contribution is -0.145. The standard InChI is InChI=1S/C9H11N3O3S/c1-5-10-11-9(16-5)12-4-6(3-7(12)13)8(14)15-2/h6H,3-4H2,1-2H3. The number of hydrogen-bond acceptors (Lipinski definition) is 6. The number of rotatable bonds is 2. The molecule has 0 aliphatic carbocycles. The average molecular weight is 241 g/mol. The number of carbonyl (C=O) groups excluding carboxylic acids is 2. The van der Waals surface area contributed by atoms with Gasteiger partial charge in [-0.25, -0.2) is 0 Å². The Morgan fingerprint density at radius 3 is 2.88 bits per heavy atom. The van der Waals surface area contributed by atoms with Crippen LogP contribution in [0.25, 0.3) is 0 Å². The molecule has 0 saturated carbocycles. The van der Waals surface area contributed by atoms with E-state index in [1.807, 2.05) is 6.92 Å². The fourth-order valence-electron chi connectivity index (χ4n) is 1.61. The number of aromatic nitrogens is 2. The van der Waals surface area contributed by atoms with Crippen molar-refractivity contribution in [3.8, 4) is 0 Å². The summed E-state index contributed by atoms with van der Waals surface area (Å²) in [4.78, 5) is 24.5. The van der Waals surface area contributed by atoms with Gasteiger partial charge in [0.1, 0.15) is 5.01 Å². The molecule has 0 aromatic carbocycles. The minimum atomic E-state index is -0.387. The summed E-state index contributed by atoms with van der Waals surface area (Å²) in [7, 11) is 1.32. The highest BCUT2D eigenvalue weighted by Gasteiger charge is 2.37. The molecule has 0 radical (unpaired) electrons. The van der Waals surface area contributed by atoms with E-state index in [4.69, 9.17) is 0 Å². The van der Waals surface area contributed by atoms with Crippen molar-refractivity contribution in [3.05, 3.63) is 5.01 Å². The Morgan fingerprint density at radius 1 is 1.56 bits per heavy atom. The van der Waals surface area contributed by atoms with Crippen LogP contribution in [-0.2, 0) is 14.3 Å². The molecule has 2 heterocycles. The molecule has 1 aliphatic rings. The van der Waals surface area contributed by atoms with Crippen LogP contribution in [-0.4, -0.2) is 35.7 Å². The second-order valence-electron chi connectivity index (χ2n) is 3.53. The molecule has 1 fully saturated rings. The van der Waals surface area contributed by atoms with Crippen LogP contribution in [0.2, 0.25) is 0 Å². The summed E-state index contributed by atoms with van der Waals surface area (Å²) in [6, 6.07) is 0. The summed E-state index contributed by atoms with van der Waals surface area (Å²) in [6.07, 6.45) is 0.186. The molecule has 1 amide bonds. The Balaban J connectivity index is 2.14. The second kappa shape index (κ2) is 4.17. The number of hydrogen-bond donors (Lipinski definition) is 0. The number of carbonyl (C=O) groups is 2. The molecule has 86 valence electrons. The zero-order valence-corrected chi connectivity index (χ0v) is 9.78. The van der Waals surface area contributed by atoms with Gasteiger partial charge in [0.05, 0.1) is 13.0 Å². The number of esters is 1. The number of anilines is 1. The van der Waals surface area contributed by atoms with Gasteiger partial charge in [0.25, 0.3) is 0 Å². The molecule has 16 heavy (non-hydrogen) atoms. The maximum atomic E-state index is 11.7. The zero-order chi connectivity index (χ0) is 11.7. The lowest BCUT2D eigenvalue weighted by atomic mass is 10.1. The minimum absolute atomic E-state index is 0.105. The molecule has 1 unspecified atom stereocenters. The van der Waals surface area contributed by atoms with Gasteiger partial charge in [-0.15, -0.1) is 10.2 Å². The van der Waals surface area contributed by atoms with Crippen molar-refractivity contribution in [2.24, 2.45) is 5.92 Å². The van der Waals surface area contributed by atoms with Crippen molar-refractivity contribution in [3.63, 3.8) is 0 Å². The van der Waals surface area contributed by atoms with Gasteiger partial charge in [-0.05, 0) is 6.92 Å². The van der Waals surface area contributed by atoms with Gasteiger partial charge >= 0.3 is 5.97 Å². The van der Waals surface area contributed by atoms with Crippen molar-refractivity contribution in [2.45, 2.75) is 13.3 Å². The van der Waals surface area contributed by atoms with Crippen LogP contribution in [0.1, 0.15) is 11.4 Å². The van der Waals surface area contributed by atoms with E-state index < -0.39 is 0 Å². The highest BCUT2D eigenvalue weighted by molar-refractivity contribution is 7.15. The monoisotopic (exact) mass is 241 g/mol.